The summed E-state index contributed by atoms with van der Waals surface area (Å²) < 4.78 is 15.2. The molecule has 0 saturated heterocycles. The Kier molecular flexibility index (Phi) is 6.92. The lowest BCUT2D eigenvalue weighted by Gasteiger charge is -2.20. The van der Waals surface area contributed by atoms with Gasteiger partial charge < -0.3 is 5.32 Å². The molecule has 1 aromatic heterocycles. The third kappa shape index (κ3) is 5.21. The first-order valence-electron chi connectivity index (χ1n) is 11.6. The van der Waals surface area contributed by atoms with Gasteiger partial charge in [-0.2, -0.15) is 5.10 Å². The van der Waals surface area contributed by atoms with E-state index in [9.17, 15) is 9.18 Å². The van der Waals surface area contributed by atoms with Gasteiger partial charge in [-0.05, 0) is 53.9 Å². The van der Waals surface area contributed by atoms with Crippen LogP contribution in [0.25, 0.3) is 16.9 Å². The molecule has 5 rings (SSSR count). The van der Waals surface area contributed by atoms with Crippen LogP contribution in [0.1, 0.15) is 27.7 Å². The molecule has 1 atom stereocenters. The summed E-state index contributed by atoms with van der Waals surface area (Å²) in [5, 5.41) is 8.39. The molecule has 0 saturated carbocycles. The first-order valence-corrected chi connectivity index (χ1v) is 12.0. The van der Waals surface area contributed by atoms with E-state index in [1.165, 1.54) is 16.8 Å². The van der Waals surface area contributed by atoms with Gasteiger partial charge in [0.05, 0.1) is 22.4 Å². The molecule has 1 amide bonds. The summed E-state index contributed by atoms with van der Waals surface area (Å²) in [6.07, 6.45) is 0.624. The Labute approximate surface area is 214 Å². The highest BCUT2D eigenvalue weighted by molar-refractivity contribution is 6.33. The number of amides is 1. The van der Waals surface area contributed by atoms with E-state index in [1.807, 2.05) is 78.9 Å². The summed E-state index contributed by atoms with van der Waals surface area (Å²) in [6.45, 7) is 0. The van der Waals surface area contributed by atoms with E-state index in [0.29, 0.717) is 34.1 Å². The number of nitrogens with zero attached hydrogens (tertiary/aromatic N) is 2. The Morgan fingerprint density at radius 1 is 0.861 bits per heavy atom. The summed E-state index contributed by atoms with van der Waals surface area (Å²) in [4.78, 5) is 13.7. The Balaban J connectivity index is 1.54. The maximum Gasteiger partial charge on any atom is 0.270 e. The van der Waals surface area contributed by atoms with Crippen LogP contribution >= 0.6 is 11.6 Å². The molecule has 5 aromatic rings. The number of hydrogen-bond donors (Lipinski definition) is 1. The van der Waals surface area contributed by atoms with Crippen molar-refractivity contribution in [1.82, 2.24) is 15.1 Å². The van der Waals surface area contributed by atoms with Crippen molar-refractivity contribution in [2.45, 2.75) is 12.5 Å². The van der Waals surface area contributed by atoms with Crippen LogP contribution in [0.3, 0.4) is 0 Å². The third-order valence-corrected chi connectivity index (χ3v) is 6.28. The van der Waals surface area contributed by atoms with Crippen molar-refractivity contribution in [1.29, 1.82) is 0 Å². The van der Waals surface area contributed by atoms with Crippen LogP contribution in [0, 0.1) is 5.82 Å². The van der Waals surface area contributed by atoms with Gasteiger partial charge in [-0.15, -0.1) is 0 Å². The molecule has 0 radical (unpaired) electrons. The van der Waals surface area contributed by atoms with Gasteiger partial charge in [0.1, 0.15) is 11.5 Å². The minimum atomic E-state index is -0.366. The highest BCUT2D eigenvalue weighted by Gasteiger charge is 2.22. The van der Waals surface area contributed by atoms with E-state index in [2.05, 4.69) is 10.4 Å². The van der Waals surface area contributed by atoms with Crippen LogP contribution < -0.4 is 5.32 Å². The molecule has 0 aliphatic carbocycles. The van der Waals surface area contributed by atoms with Crippen molar-refractivity contribution in [3.05, 3.63) is 143 Å². The van der Waals surface area contributed by atoms with Crippen LogP contribution in [-0.4, -0.2) is 15.7 Å². The van der Waals surface area contributed by atoms with Crippen molar-refractivity contribution in [3.63, 3.8) is 0 Å². The lowest BCUT2D eigenvalue weighted by atomic mass is 9.98. The molecule has 36 heavy (non-hydrogen) atoms. The minimum absolute atomic E-state index is 0.263. The molecule has 0 spiro atoms. The van der Waals surface area contributed by atoms with E-state index < -0.39 is 0 Å². The van der Waals surface area contributed by atoms with Crippen LogP contribution in [0.15, 0.2) is 115 Å². The second-order valence-electron chi connectivity index (χ2n) is 8.41. The van der Waals surface area contributed by atoms with E-state index >= 15 is 0 Å². The standard InChI is InChI=1S/C30H23ClFN3O/c31-26-14-8-7-13-25(26)28-20-29(35(34-28)24-17-15-23(32)16-18-24)30(36)33-27(22-11-5-2-6-12-22)19-21-9-3-1-4-10-21/h1-18,20,27H,19H2,(H,33,36). The molecule has 4 nitrogen and oxygen atoms in total. The number of nitrogens with one attached hydrogen (secondary N) is 1. The Hall–Kier alpha value is -4.22. The van der Waals surface area contributed by atoms with Crippen LogP contribution in [0.2, 0.25) is 5.02 Å². The minimum Gasteiger partial charge on any atom is -0.344 e. The van der Waals surface area contributed by atoms with Gasteiger partial charge >= 0.3 is 0 Å². The molecule has 6 heteroatoms. The van der Waals surface area contributed by atoms with Crippen LogP contribution in [0.5, 0.6) is 0 Å². The molecule has 0 aliphatic heterocycles. The summed E-state index contributed by atoms with van der Waals surface area (Å²) in [5.74, 6) is -0.662. The number of rotatable bonds is 7. The first-order chi connectivity index (χ1) is 17.6. The fourth-order valence-corrected chi connectivity index (χ4v) is 4.37. The van der Waals surface area contributed by atoms with Gasteiger partial charge in [-0.25, -0.2) is 9.07 Å². The Morgan fingerprint density at radius 2 is 1.50 bits per heavy atom. The maximum atomic E-state index is 13.7. The molecule has 0 fully saturated rings. The SMILES string of the molecule is O=C(NC(Cc1ccccc1)c1ccccc1)c1cc(-c2ccccc2Cl)nn1-c1ccc(F)cc1. The van der Waals surface area contributed by atoms with Gasteiger partial charge in [0.2, 0.25) is 0 Å². The molecular weight excluding hydrogens is 473 g/mol. The van der Waals surface area contributed by atoms with E-state index in [0.717, 1.165) is 11.1 Å². The predicted molar refractivity (Wildman–Crippen MR) is 141 cm³/mol. The van der Waals surface area contributed by atoms with Crippen molar-refractivity contribution in [2.24, 2.45) is 0 Å². The molecule has 0 bridgehead atoms. The van der Waals surface area contributed by atoms with Gasteiger partial charge in [-0.1, -0.05) is 90.5 Å². The molecule has 1 heterocycles. The first kappa shape index (κ1) is 23.5. The number of carbonyl (C=O) groups excluding carboxylic acids is 1. The zero-order valence-corrected chi connectivity index (χ0v) is 20.1. The average Bonchev–Trinajstić information content (AvgIpc) is 3.35. The van der Waals surface area contributed by atoms with Gasteiger partial charge in [0.15, 0.2) is 0 Å². The van der Waals surface area contributed by atoms with Crippen molar-refractivity contribution in [3.8, 4) is 16.9 Å². The number of benzene rings is 4. The highest BCUT2D eigenvalue weighted by Crippen LogP contribution is 2.29. The summed E-state index contributed by atoms with van der Waals surface area (Å²) in [5.41, 5.74) is 4.25. The predicted octanol–water partition coefficient (Wildman–Crippen LogP) is 7.05. The van der Waals surface area contributed by atoms with Gasteiger partial charge in [-0.3, -0.25) is 4.79 Å². The average molecular weight is 496 g/mol. The third-order valence-electron chi connectivity index (χ3n) is 5.95. The second kappa shape index (κ2) is 10.6. The number of carbonyl (C=O) groups is 1. The summed E-state index contributed by atoms with van der Waals surface area (Å²) in [6, 6.07) is 34.5. The molecule has 1 N–H and O–H groups in total. The van der Waals surface area contributed by atoms with E-state index in [4.69, 9.17) is 11.6 Å². The fourth-order valence-electron chi connectivity index (χ4n) is 4.14. The zero-order chi connectivity index (χ0) is 24.9. The number of hydrogen-bond acceptors (Lipinski definition) is 2. The summed E-state index contributed by atoms with van der Waals surface area (Å²) in [7, 11) is 0. The van der Waals surface area contributed by atoms with Crippen LogP contribution in [-0.2, 0) is 6.42 Å². The van der Waals surface area contributed by atoms with Crippen molar-refractivity contribution < 1.29 is 9.18 Å². The van der Waals surface area contributed by atoms with Gasteiger partial charge in [0.25, 0.3) is 5.91 Å². The quantitative estimate of drug-likeness (QED) is 0.263. The lowest BCUT2D eigenvalue weighted by Crippen LogP contribution is -2.31. The molecular formula is C30H23ClFN3O. The van der Waals surface area contributed by atoms with Crippen LogP contribution in [0.4, 0.5) is 4.39 Å². The van der Waals surface area contributed by atoms with E-state index in [1.54, 1.807) is 24.3 Å². The molecule has 0 aliphatic rings. The largest absolute Gasteiger partial charge is 0.344 e. The fraction of sp³-hybridized carbons (Fsp3) is 0.0667. The Morgan fingerprint density at radius 3 is 2.19 bits per heavy atom. The maximum absolute atomic E-state index is 13.7. The summed E-state index contributed by atoms with van der Waals surface area (Å²) >= 11 is 6.42. The Bertz CT molecular complexity index is 1470. The number of halogens is 2. The number of aromatic nitrogens is 2. The molecule has 1 unspecified atom stereocenters. The molecule has 4 aromatic carbocycles. The second-order valence-corrected chi connectivity index (χ2v) is 8.82. The van der Waals surface area contributed by atoms with Crippen molar-refractivity contribution >= 4 is 17.5 Å². The van der Waals surface area contributed by atoms with Crippen molar-refractivity contribution in [2.75, 3.05) is 0 Å². The van der Waals surface area contributed by atoms with E-state index in [-0.39, 0.29) is 17.8 Å². The lowest BCUT2D eigenvalue weighted by molar-refractivity contribution is 0.0928. The monoisotopic (exact) mass is 495 g/mol. The normalized spacial score (nSPS) is 11.7. The highest BCUT2D eigenvalue weighted by atomic mass is 35.5. The molecule has 178 valence electrons. The van der Waals surface area contributed by atoms with Gasteiger partial charge in [0, 0.05) is 5.56 Å². The smallest absolute Gasteiger partial charge is 0.270 e. The topological polar surface area (TPSA) is 46.9 Å². The zero-order valence-electron chi connectivity index (χ0n) is 19.3.